The Hall–Kier alpha value is -3.41. The van der Waals surface area contributed by atoms with E-state index in [0.29, 0.717) is 55.6 Å². The average Bonchev–Trinajstić information content (AvgIpc) is 3.65. The van der Waals surface area contributed by atoms with Gasteiger partial charge in [0.05, 0.1) is 5.76 Å². The van der Waals surface area contributed by atoms with E-state index < -0.39 is 5.92 Å². The number of halogens is 1. The molecule has 1 aliphatic carbocycles. The Morgan fingerprint density at radius 2 is 1.54 bits per heavy atom. The number of allylic oxidation sites excluding steroid dienone is 3. The van der Waals surface area contributed by atoms with Crippen molar-refractivity contribution in [3.63, 3.8) is 0 Å². The summed E-state index contributed by atoms with van der Waals surface area (Å²) in [6.45, 7) is 7.63. The van der Waals surface area contributed by atoms with Crippen molar-refractivity contribution in [2.75, 3.05) is 0 Å². The Labute approximate surface area is 218 Å². The summed E-state index contributed by atoms with van der Waals surface area (Å²) in [6.07, 6.45) is 3.40. The van der Waals surface area contributed by atoms with Crippen LogP contribution in [0.15, 0.2) is 65.1 Å². The maximum Gasteiger partial charge on any atom is 0.173 e. The van der Waals surface area contributed by atoms with Crippen LogP contribution in [0.1, 0.15) is 82.8 Å². The van der Waals surface area contributed by atoms with Gasteiger partial charge < -0.3 is 14.9 Å². The molecule has 0 heterocycles. The first kappa shape index (κ1) is 28.2. The molecule has 0 amide bonds. The van der Waals surface area contributed by atoms with Gasteiger partial charge in [0.15, 0.2) is 11.6 Å². The molecular formula is C31H37FO5. The van der Waals surface area contributed by atoms with Crippen molar-refractivity contribution < 1.29 is 28.9 Å². The molecule has 2 N–H and O–H groups in total. The molecular weight excluding hydrogens is 471 g/mol. The summed E-state index contributed by atoms with van der Waals surface area (Å²) in [5.74, 6) is -0.734. The number of Topliss-reactive ketones (excluding diaryl/α,β-unsaturated/α-hetero) is 2. The fourth-order valence-corrected chi connectivity index (χ4v) is 4.71. The minimum atomic E-state index is -0.406. The second-order valence-corrected chi connectivity index (χ2v) is 9.71. The van der Waals surface area contributed by atoms with Crippen LogP contribution in [-0.4, -0.2) is 21.8 Å². The zero-order chi connectivity index (χ0) is 27.1. The second-order valence-electron chi connectivity index (χ2n) is 9.71. The van der Waals surface area contributed by atoms with Crippen LogP contribution in [0.25, 0.3) is 0 Å². The van der Waals surface area contributed by atoms with Crippen LogP contribution in [-0.2, 0) is 9.59 Å². The van der Waals surface area contributed by atoms with Gasteiger partial charge in [0.25, 0.3) is 0 Å². The third-order valence-corrected chi connectivity index (χ3v) is 6.68. The summed E-state index contributed by atoms with van der Waals surface area (Å²) in [6, 6.07) is 11.4. The molecule has 2 aromatic rings. The van der Waals surface area contributed by atoms with Crippen LogP contribution in [0, 0.1) is 18.7 Å². The molecule has 2 atom stereocenters. The number of benzene rings is 2. The summed E-state index contributed by atoms with van der Waals surface area (Å²) < 4.78 is 19.0. The molecule has 0 bridgehead atoms. The van der Waals surface area contributed by atoms with Crippen molar-refractivity contribution in [1.82, 2.24) is 0 Å². The number of aliphatic hydroxyl groups excluding tert-OH is 2. The molecule has 3 rings (SSSR count). The normalized spacial score (nSPS) is 18.1. The number of aliphatic hydroxyl groups is 2. The fraction of sp³-hybridized carbons (Fsp3) is 0.419. The van der Waals surface area contributed by atoms with Crippen LogP contribution in [0.4, 0.5) is 4.39 Å². The molecule has 0 aliphatic heterocycles. The molecule has 6 heteroatoms. The van der Waals surface area contributed by atoms with Crippen LogP contribution in [0.2, 0.25) is 0 Å². The van der Waals surface area contributed by atoms with Gasteiger partial charge in [-0.15, -0.1) is 0 Å². The number of hydrogen-bond donors (Lipinski definition) is 2. The summed E-state index contributed by atoms with van der Waals surface area (Å²) in [4.78, 5) is 26.6. The number of carbonyl (C=O) groups excluding carboxylic acids is 2. The van der Waals surface area contributed by atoms with Gasteiger partial charge in [0.1, 0.15) is 28.6 Å². The highest BCUT2D eigenvalue weighted by molar-refractivity contribution is 6.22. The lowest BCUT2D eigenvalue weighted by Gasteiger charge is -2.14. The monoisotopic (exact) mass is 508 g/mol. The maximum absolute atomic E-state index is 13.6. The van der Waals surface area contributed by atoms with E-state index in [1.807, 2.05) is 45.9 Å². The van der Waals surface area contributed by atoms with Gasteiger partial charge in [-0.05, 0) is 86.1 Å². The van der Waals surface area contributed by atoms with Crippen molar-refractivity contribution in [3.05, 3.63) is 82.1 Å². The predicted octanol–water partition coefficient (Wildman–Crippen LogP) is 8.19. The van der Waals surface area contributed by atoms with Crippen LogP contribution in [0.5, 0.6) is 11.5 Å². The van der Waals surface area contributed by atoms with E-state index in [2.05, 4.69) is 0 Å². The van der Waals surface area contributed by atoms with Crippen LogP contribution >= 0.6 is 0 Å². The molecule has 2 aromatic carbocycles. The SMILES string of the molecule is CCCC(=O)/C(C(=O)C1CC1c1ccc(Oc2ccc(F)cc2)cc1C)=C(O)\C(CCC)=C(\O)CCC. The molecule has 0 aromatic heterocycles. The fourth-order valence-electron chi connectivity index (χ4n) is 4.71. The van der Waals surface area contributed by atoms with Gasteiger partial charge >= 0.3 is 0 Å². The van der Waals surface area contributed by atoms with Crippen molar-refractivity contribution >= 4 is 11.6 Å². The lowest BCUT2D eigenvalue weighted by Crippen LogP contribution is -2.19. The largest absolute Gasteiger partial charge is 0.512 e. The molecule has 2 unspecified atom stereocenters. The molecule has 0 spiro atoms. The highest BCUT2D eigenvalue weighted by Crippen LogP contribution is 2.51. The summed E-state index contributed by atoms with van der Waals surface area (Å²) in [7, 11) is 0. The Balaban J connectivity index is 1.86. The van der Waals surface area contributed by atoms with Crippen molar-refractivity contribution in [2.45, 2.75) is 78.6 Å². The molecule has 37 heavy (non-hydrogen) atoms. The minimum Gasteiger partial charge on any atom is -0.512 e. The maximum atomic E-state index is 13.6. The van der Waals surface area contributed by atoms with Gasteiger partial charge in [-0.25, -0.2) is 4.39 Å². The zero-order valence-corrected chi connectivity index (χ0v) is 22.1. The van der Waals surface area contributed by atoms with Gasteiger partial charge in [0.2, 0.25) is 0 Å². The number of hydrogen-bond acceptors (Lipinski definition) is 5. The first-order chi connectivity index (χ1) is 17.7. The Kier molecular flexibility index (Phi) is 9.67. The standard InChI is InChI=1S/C31H37FO5/c1-5-8-24(27(33)9-6-2)30(35)29(28(34)10-7-3)31(36)26-18-25(26)23-16-15-22(17-19(23)4)37-21-13-11-20(32)12-14-21/h11-17,25-26,33,35H,5-10,18H2,1-4H3/b27-24+,30-29-. The van der Waals surface area contributed by atoms with Gasteiger partial charge in [-0.1, -0.05) is 33.3 Å². The molecule has 5 nitrogen and oxygen atoms in total. The highest BCUT2D eigenvalue weighted by atomic mass is 19.1. The van der Waals surface area contributed by atoms with E-state index in [1.165, 1.54) is 12.1 Å². The van der Waals surface area contributed by atoms with Crippen LogP contribution < -0.4 is 4.74 Å². The number of aryl methyl sites for hydroxylation is 1. The molecule has 1 aliphatic rings. The van der Waals surface area contributed by atoms with E-state index in [0.717, 1.165) is 11.1 Å². The first-order valence-electron chi connectivity index (χ1n) is 13.2. The Morgan fingerprint density at radius 1 is 0.919 bits per heavy atom. The summed E-state index contributed by atoms with van der Waals surface area (Å²) in [5, 5.41) is 21.7. The molecule has 1 fully saturated rings. The highest BCUT2D eigenvalue weighted by Gasteiger charge is 2.47. The third-order valence-electron chi connectivity index (χ3n) is 6.68. The number of ether oxygens (including phenoxy) is 1. The smallest absolute Gasteiger partial charge is 0.173 e. The van der Waals surface area contributed by atoms with Gasteiger partial charge in [-0.3, -0.25) is 9.59 Å². The Morgan fingerprint density at radius 3 is 2.14 bits per heavy atom. The molecule has 0 radical (unpaired) electrons. The molecule has 1 saturated carbocycles. The average molecular weight is 509 g/mol. The van der Waals surface area contributed by atoms with E-state index in [1.54, 1.807) is 12.1 Å². The number of rotatable bonds is 13. The van der Waals surface area contributed by atoms with E-state index in [4.69, 9.17) is 4.74 Å². The van der Waals surface area contributed by atoms with Crippen molar-refractivity contribution in [1.29, 1.82) is 0 Å². The second kappa shape index (κ2) is 12.7. The predicted molar refractivity (Wildman–Crippen MR) is 143 cm³/mol. The third kappa shape index (κ3) is 6.88. The van der Waals surface area contributed by atoms with E-state index in [-0.39, 0.29) is 46.8 Å². The quantitative estimate of drug-likeness (QED) is 0.0937. The van der Waals surface area contributed by atoms with E-state index in [9.17, 15) is 24.2 Å². The molecule has 0 saturated heterocycles. The lowest BCUT2D eigenvalue weighted by molar-refractivity contribution is -0.122. The summed E-state index contributed by atoms with van der Waals surface area (Å²) in [5.41, 5.74) is 2.06. The van der Waals surface area contributed by atoms with Crippen LogP contribution in [0.3, 0.4) is 0 Å². The van der Waals surface area contributed by atoms with Gasteiger partial charge in [-0.2, -0.15) is 0 Å². The van der Waals surface area contributed by atoms with Crippen molar-refractivity contribution in [3.8, 4) is 11.5 Å². The lowest BCUT2D eigenvalue weighted by atomic mass is 9.91. The van der Waals surface area contributed by atoms with E-state index >= 15 is 0 Å². The van der Waals surface area contributed by atoms with Crippen molar-refractivity contribution in [2.24, 2.45) is 5.92 Å². The Bertz CT molecular complexity index is 1190. The zero-order valence-electron chi connectivity index (χ0n) is 22.1. The van der Waals surface area contributed by atoms with Gasteiger partial charge in [0, 0.05) is 24.3 Å². The minimum absolute atomic E-state index is 0.0383. The first-order valence-corrected chi connectivity index (χ1v) is 13.2. The summed E-state index contributed by atoms with van der Waals surface area (Å²) >= 11 is 0. The molecule has 198 valence electrons. The topological polar surface area (TPSA) is 83.8 Å². The number of carbonyl (C=O) groups is 2. The number of ketones is 2.